The molecule has 0 N–H and O–H groups in total. The minimum absolute atomic E-state index is 0.00698. The molecule has 0 spiro atoms. The Morgan fingerprint density at radius 1 is 1.14 bits per heavy atom. The summed E-state index contributed by atoms with van der Waals surface area (Å²) in [5, 5.41) is 8.14. The summed E-state index contributed by atoms with van der Waals surface area (Å²) in [6, 6.07) is 12.1. The van der Waals surface area contributed by atoms with Crippen molar-refractivity contribution in [1.29, 1.82) is 5.26 Å². The van der Waals surface area contributed by atoms with E-state index in [0.29, 0.717) is 53.0 Å². The summed E-state index contributed by atoms with van der Waals surface area (Å²) in [6.45, 7) is 2.27. The molecule has 3 rings (SSSR count). The van der Waals surface area contributed by atoms with E-state index in [4.69, 9.17) is 42.1 Å². The Morgan fingerprint density at radius 2 is 1.83 bits per heavy atom. The van der Waals surface area contributed by atoms with Crippen molar-refractivity contribution < 1.29 is 26.9 Å². The molecule has 1 fully saturated rings. The smallest absolute Gasteiger partial charge is 0.264 e. The lowest BCUT2D eigenvalue weighted by atomic mass is 9.77. The molecule has 1 heterocycles. The minimum atomic E-state index is -3.58. The van der Waals surface area contributed by atoms with Crippen LogP contribution < -0.4 is 9.47 Å². The van der Waals surface area contributed by atoms with Crippen LogP contribution in [-0.4, -0.2) is 59.4 Å². The maximum Gasteiger partial charge on any atom is 0.264 e. The molecule has 2 aromatic rings. The first kappa shape index (κ1) is 28.7. The van der Waals surface area contributed by atoms with Crippen molar-refractivity contribution in [3.63, 3.8) is 0 Å². The zero-order chi connectivity index (χ0) is 26.2. The van der Waals surface area contributed by atoms with Crippen LogP contribution in [0.5, 0.6) is 11.5 Å². The molecule has 0 unspecified atom stereocenters. The van der Waals surface area contributed by atoms with Crippen LogP contribution in [-0.2, 0) is 19.7 Å². The Hall–Kier alpha value is -2.51. The van der Waals surface area contributed by atoms with E-state index in [0.717, 1.165) is 11.8 Å². The van der Waals surface area contributed by atoms with Crippen LogP contribution in [0.2, 0.25) is 10.0 Å². The van der Waals surface area contributed by atoms with Gasteiger partial charge in [-0.3, -0.25) is 8.98 Å². The van der Waals surface area contributed by atoms with Crippen LogP contribution >= 0.6 is 23.2 Å². The second-order valence-electron chi connectivity index (χ2n) is 7.95. The monoisotopic (exact) mass is 542 g/mol. The predicted octanol–water partition coefficient (Wildman–Crippen LogP) is 4.69. The fourth-order valence-electron chi connectivity index (χ4n) is 3.99. The van der Waals surface area contributed by atoms with Gasteiger partial charge in [0.05, 0.1) is 48.8 Å². The number of benzene rings is 2. The summed E-state index contributed by atoms with van der Waals surface area (Å²) in [6.07, 6.45) is 2.02. The number of rotatable bonds is 8. The fourth-order valence-corrected chi connectivity index (χ4v) is 4.67. The molecule has 0 aromatic heterocycles. The largest absolute Gasteiger partial charge is 0.497 e. The molecule has 0 bridgehead atoms. The van der Waals surface area contributed by atoms with Crippen LogP contribution in [0.15, 0.2) is 36.4 Å². The normalized spacial score (nSPS) is 17.2. The number of ether oxygens (including phenoxy) is 2. The third kappa shape index (κ3) is 7.48. The van der Waals surface area contributed by atoms with Gasteiger partial charge in [-0.15, -0.1) is 0 Å². The summed E-state index contributed by atoms with van der Waals surface area (Å²) >= 11 is 12.3. The molecule has 1 aliphatic heterocycles. The first-order chi connectivity index (χ1) is 16.5. The Labute approximate surface area is 216 Å². The Bertz CT molecular complexity index is 1200. The molecule has 190 valence electrons. The van der Waals surface area contributed by atoms with Crippen LogP contribution in [0.1, 0.15) is 35.7 Å². The number of carbonyl (C=O) groups excluding carboxylic acids is 1. The first-order valence-electron chi connectivity index (χ1n) is 10.6. The third-order valence-corrected chi connectivity index (χ3v) is 7.02. The number of nitriles is 1. The molecule has 1 aliphatic rings. The highest BCUT2D eigenvalue weighted by molar-refractivity contribution is 7.85. The van der Waals surface area contributed by atoms with Crippen molar-refractivity contribution in [2.75, 3.05) is 40.2 Å². The molecule has 2 aromatic carbocycles. The lowest BCUT2D eigenvalue weighted by Crippen LogP contribution is -2.35. The molecule has 8 nitrogen and oxygen atoms in total. The summed E-state index contributed by atoms with van der Waals surface area (Å²) < 4.78 is 38.6. The highest BCUT2D eigenvalue weighted by Gasteiger charge is 2.42. The van der Waals surface area contributed by atoms with Gasteiger partial charge in [-0.05, 0) is 42.7 Å². The van der Waals surface area contributed by atoms with Crippen molar-refractivity contribution in [2.45, 2.75) is 25.2 Å². The van der Waals surface area contributed by atoms with E-state index in [1.54, 1.807) is 48.4 Å². The number of hydrogen-bond acceptors (Lipinski definition) is 7. The molecule has 1 saturated heterocycles. The van der Waals surface area contributed by atoms with Crippen molar-refractivity contribution in [3.05, 3.63) is 57.6 Å². The van der Waals surface area contributed by atoms with Gasteiger partial charge in [-0.25, -0.2) is 0 Å². The van der Waals surface area contributed by atoms with Crippen LogP contribution in [0.3, 0.4) is 0 Å². The van der Waals surface area contributed by atoms with Gasteiger partial charge in [0, 0.05) is 31.5 Å². The molecule has 0 saturated carbocycles. The number of likely N-dealkylation sites (tertiary alicyclic amines) is 1. The Balaban J connectivity index is 0.00000137. The Kier molecular flexibility index (Phi) is 10.2. The average molecular weight is 543 g/mol. The molecule has 0 radical (unpaired) electrons. The van der Waals surface area contributed by atoms with Crippen LogP contribution in [0.25, 0.3) is 0 Å². The zero-order valence-corrected chi connectivity index (χ0v) is 22.3. The first-order valence-corrected chi connectivity index (χ1v) is 13.2. The van der Waals surface area contributed by atoms with Crippen molar-refractivity contribution in [3.8, 4) is 17.6 Å². The number of carbonyl (C=O) groups is 1. The number of hydrogen-bond donors (Lipinski definition) is 0. The quantitative estimate of drug-likeness (QED) is 0.445. The number of methoxy groups -OCH3 is 2. The summed E-state index contributed by atoms with van der Waals surface area (Å²) in [7, 11) is -0.544. The van der Waals surface area contributed by atoms with Gasteiger partial charge < -0.3 is 14.4 Å². The lowest BCUT2D eigenvalue weighted by Gasteiger charge is -2.30. The van der Waals surface area contributed by atoms with Gasteiger partial charge >= 0.3 is 0 Å². The highest BCUT2D eigenvalue weighted by Crippen LogP contribution is 2.41. The van der Waals surface area contributed by atoms with Gasteiger partial charge in [-0.2, -0.15) is 13.7 Å². The van der Waals surface area contributed by atoms with Crippen molar-refractivity contribution >= 4 is 39.2 Å². The maximum absolute atomic E-state index is 13.3. The van der Waals surface area contributed by atoms with E-state index in [-0.39, 0.29) is 12.5 Å². The van der Waals surface area contributed by atoms with Gasteiger partial charge in [0.25, 0.3) is 16.0 Å². The van der Waals surface area contributed by atoms with Gasteiger partial charge in [0.2, 0.25) is 0 Å². The average Bonchev–Trinajstić information content (AvgIpc) is 3.25. The molecule has 35 heavy (non-hydrogen) atoms. The second-order valence-corrected chi connectivity index (χ2v) is 10.4. The summed E-state index contributed by atoms with van der Waals surface area (Å²) in [5.41, 5.74) is 0.764. The molecule has 1 amide bonds. The van der Waals surface area contributed by atoms with Gasteiger partial charge in [-0.1, -0.05) is 29.3 Å². The third-order valence-electron chi connectivity index (χ3n) is 5.69. The molecule has 11 heteroatoms. The molecular weight excluding hydrogens is 515 g/mol. The fraction of sp³-hybridized carbons (Fsp3) is 0.417. The maximum atomic E-state index is 13.3. The molecule has 1 atom stereocenters. The van der Waals surface area contributed by atoms with Crippen molar-refractivity contribution in [1.82, 2.24) is 4.90 Å². The number of nitrogens with zero attached hydrogens (tertiary/aromatic N) is 2. The molecule has 0 aliphatic carbocycles. The molecular formula is C24H28Cl2N2O6S. The lowest BCUT2D eigenvalue weighted by molar-refractivity contribution is 0.0776. The summed E-state index contributed by atoms with van der Waals surface area (Å²) in [5.74, 6) is 0.820. The van der Waals surface area contributed by atoms with E-state index in [2.05, 4.69) is 0 Å². The number of amides is 1. The van der Waals surface area contributed by atoms with Crippen LogP contribution in [0, 0.1) is 11.3 Å². The standard InChI is InChI=1S/C22H25Cl2NO6S.C2H3N/c1-29-16-5-6-17(20(13-16)30-2)21(26)25-10-8-22(14-25,9-11-31-32(3,27)28)15-4-7-18(23)19(24)12-15;1-2-3/h4-7,12-13H,8-11,14H2,1-3H3;1H3/t22-;/m1./s1. The SMILES string of the molecule is CC#N.COc1ccc(C(=O)N2CC[C@](CCOS(C)(=O)=O)(c3ccc(Cl)c(Cl)c3)C2)c(OC)c1. The summed E-state index contributed by atoms with van der Waals surface area (Å²) in [4.78, 5) is 15.1. The predicted molar refractivity (Wildman–Crippen MR) is 135 cm³/mol. The van der Waals surface area contributed by atoms with E-state index in [1.807, 2.05) is 6.07 Å². The van der Waals surface area contributed by atoms with Crippen LogP contribution in [0.4, 0.5) is 0 Å². The van der Waals surface area contributed by atoms with E-state index < -0.39 is 15.5 Å². The number of halogens is 2. The zero-order valence-electron chi connectivity index (χ0n) is 20.0. The van der Waals surface area contributed by atoms with Gasteiger partial charge in [0.1, 0.15) is 11.5 Å². The second kappa shape index (κ2) is 12.5. The highest BCUT2D eigenvalue weighted by atomic mass is 35.5. The van der Waals surface area contributed by atoms with E-state index >= 15 is 0 Å². The van der Waals surface area contributed by atoms with Gasteiger partial charge in [0.15, 0.2) is 0 Å². The van der Waals surface area contributed by atoms with E-state index in [1.165, 1.54) is 14.0 Å². The van der Waals surface area contributed by atoms with Crippen molar-refractivity contribution in [2.24, 2.45) is 0 Å². The minimum Gasteiger partial charge on any atom is -0.497 e. The van der Waals surface area contributed by atoms with E-state index in [9.17, 15) is 13.2 Å². The Morgan fingerprint density at radius 3 is 2.40 bits per heavy atom. The topological polar surface area (TPSA) is 106 Å².